The second kappa shape index (κ2) is 5.01. The van der Waals surface area contributed by atoms with Crippen LogP contribution < -0.4 is 11.1 Å². The topological polar surface area (TPSA) is 55.1 Å². The zero-order chi connectivity index (χ0) is 13.2. The van der Waals surface area contributed by atoms with Crippen molar-refractivity contribution < 1.29 is 4.79 Å². The quantitative estimate of drug-likeness (QED) is 0.805. The molecule has 3 N–H and O–H groups in total. The summed E-state index contributed by atoms with van der Waals surface area (Å²) in [5, 5.41) is 3.16. The molecule has 1 unspecified atom stereocenters. The fourth-order valence-corrected chi connectivity index (χ4v) is 2.73. The lowest BCUT2D eigenvalue weighted by atomic mass is 9.87. The van der Waals surface area contributed by atoms with Crippen molar-refractivity contribution in [2.75, 3.05) is 5.73 Å². The molecule has 18 heavy (non-hydrogen) atoms. The SMILES string of the molecule is CC1(C)CCCC1NC(=O)Cc1cccc(N)c1. The molecule has 1 saturated carbocycles. The van der Waals surface area contributed by atoms with E-state index in [1.807, 2.05) is 24.3 Å². The molecular weight excluding hydrogens is 224 g/mol. The Labute approximate surface area is 109 Å². The van der Waals surface area contributed by atoms with Gasteiger partial charge >= 0.3 is 0 Å². The Morgan fingerprint density at radius 2 is 2.28 bits per heavy atom. The van der Waals surface area contributed by atoms with E-state index in [-0.39, 0.29) is 11.3 Å². The molecule has 0 heterocycles. The maximum atomic E-state index is 12.0. The minimum absolute atomic E-state index is 0.0978. The van der Waals surface area contributed by atoms with Crippen molar-refractivity contribution in [2.24, 2.45) is 5.41 Å². The minimum atomic E-state index is 0.0978. The van der Waals surface area contributed by atoms with Gasteiger partial charge in [0.25, 0.3) is 0 Å². The van der Waals surface area contributed by atoms with E-state index in [0.717, 1.165) is 12.0 Å². The maximum Gasteiger partial charge on any atom is 0.224 e. The fraction of sp³-hybridized carbons (Fsp3) is 0.533. The van der Waals surface area contributed by atoms with Gasteiger partial charge in [-0.05, 0) is 36.0 Å². The van der Waals surface area contributed by atoms with Crippen LogP contribution in [0.1, 0.15) is 38.7 Å². The van der Waals surface area contributed by atoms with E-state index in [1.165, 1.54) is 12.8 Å². The predicted octanol–water partition coefficient (Wildman–Crippen LogP) is 2.51. The first-order valence-electron chi connectivity index (χ1n) is 6.61. The molecule has 1 aliphatic rings. The molecule has 1 aromatic rings. The van der Waals surface area contributed by atoms with E-state index in [2.05, 4.69) is 19.2 Å². The highest BCUT2D eigenvalue weighted by Crippen LogP contribution is 2.37. The van der Waals surface area contributed by atoms with E-state index >= 15 is 0 Å². The number of carbonyl (C=O) groups excluding carboxylic acids is 1. The minimum Gasteiger partial charge on any atom is -0.399 e. The summed E-state index contributed by atoms with van der Waals surface area (Å²) in [4.78, 5) is 12.0. The number of carbonyl (C=O) groups is 1. The molecule has 3 heteroatoms. The molecule has 0 radical (unpaired) electrons. The summed E-state index contributed by atoms with van der Waals surface area (Å²) >= 11 is 0. The third-order valence-electron chi connectivity index (χ3n) is 3.91. The zero-order valence-electron chi connectivity index (χ0n) is 11.2. The van der Waals surface area contributed by atoms with Gasteiger partial charge in [0.15, 0.2) is 0 Å². The van der Waals surface area contributed by atoms with Gasteiger partial charge in [0.05, 0.1) is 6.42 Å². The van der Waals surface area contributed by atoms with Crippen LogP contribution in [0, 0.1) is 5.41 Å². The molecule has 1 aromatic carbocycles. The highest BCUT2D eigenvalue weighted by Gasteiger charge is 2.35. The number of amides is 1. The molecule has 0 spiro atoms. The maximum absolute atomic E-state index is 12.0. The van der Waals surface area contributed by atoms with Gasteiger partial charge in [-0.3, -0.25) is 4.79 Å². The van der Waals surface area contributed by atoms with Gasteiger partial charge in [0.2, 0.25) is 5.91 Å². The number of nitrogen functional groups attached to an aromatic ring is 1. The smallest absolute Gasteiger partial charge is 0.224 e. The normalized spacial score (nSPS) is 21.8. The van der Waals surface area contributed by atoms with Gasteiger partial charge < -0.3 is 11.1 Å². The van der Waals surface area contributed by atoms with Crippen LogP contribution in [-0.2, 0) is 11.2 Å². The molecule has 0 aromatic heterocycles. The van der Waals surface area contributed by atoms with Crippen molar-refractivity contribution >= 4 is 11.6 Å². The number of hydrogen-bond donors (Lipinski definition) is 2. The summed E-state index contributed by atoms with van der Waals surface area (Å²) in [5.74, 6) is 0.0978. The molecule has 1 fully saturated rings. The van der Waals surface area contributed by atoms with Crippen LogP contribution in [0.25, 0.3) is 0 Å². The molecule has 0 aliphatic heterocycles. The van der Waals surface area contributed by atoms with Crippen LogP contribution >= 0.6 is 0 Å². The van der Waals surface area contributed by atoms with E-state index in [9.17, 15) is 4.79 Å². The second-order valence-electron chi connectivity index (χ2n) is 5.92. The molecule has 0 saturated heterocycles. The number of anilines is 1. The van der Waals surface area contributed by atoms with Crippen LogP contribution in [0.5, 0.6) is 0 Å². The zero-order valence-corrected chi connectivity index (χ0v) is 11.2. The monoisotopic (exact) mass is 246 g/mol. The summed E-state index contributed by atoms with van der Waals surface area (Å²) in [6.07, 6.45) is 3.90. The van der Waals surface area contributed by atoms with E-state index < -0.39 is 0 Å². The third kappa shape index (κ3) is 3.03. The number of nitrogens with one attached hydrogen (secondary N) is 1. The molecular formula is C15H22N2O. The predicted molar refractivity (Wildman–Crippen MR) is 74.1 cm³/mol. The average molecular weight is 246 g/mol. The summed E-state index contributed by atoms with van der Waals surface area (Å²) in [7, 11) is 0. The largest absolute Gasteiger partial charge is 0.399 e. The lowest BCUT2D eigenvalue weighted by molar-refractivity contribution is -0.121. The molecule has 1 aliphatic carbocycles. The van der Waals surface area contributed by atoms with Crippen molar-refractivity contribution in [1.29, 1.82) is 0 Å². The summed E-state index contributed by atoms with van der Waals surface area (Å²) < 4.78 is 0. The Kier molecular flexibility index (Phi) is 3.60. The molecule has 1 atom stereocenters. The molecule has 0 bridgehead atoms. The van der Waals surface area contributed by atoms with Crippen LogP contribution in [0.15, 0.2) is 24.3 Å². The molecule has 98 valence electrons. The number of nitrogens with two attached hydrogens (primary N) is 1. The van der Waals surface area contributed by atoms with Gasteiger partial charge in [-0.1, -0.05) is 32.4 Å². The van der Waals surface area contributed by atoms with Crippen molar-refractivity contribution in [3.8, 4) is 0 Å². The van der Waals surface area contributed by atoms with Crippen LogP contribution in [0.3, 0.4) is 0 Å². The first kappa shape index (κ1) is 12.9. The third-order valence-corrected chi connectivity index (χ3v) is 3.91. The van der Waals surface area contributed by atoms with Crippen molar-refractivity contribution in [2.45, 2.75) is 45.6 Å². The molecule has 3 nitrogen and oxygen atoms in total. The lowest BCUT2D eigenvalue weighted by Crippen LogP contribution is -2.42. The Balaban J connectivity index is 1.93. The van der Waals surface area contributed by atoms with Crippen LogP contribution in [0.2, 0.25) is 0 Å². The Morgan fingerprint density at radius 3 is 2.89 bits per heavy atom. The first-order chi connectivity index (χ1) is 8.47. The Morgan fingerprint density at radius 1 is 1.50 bits per heavy atom. The van der Waals surface area contributed by atoms with Crippen molar-refractivity contribution in [3.05, 3.63) is 29.8 Å². The Bertz CT molecular complexity index is 440. The lowest BCUT2D eigenvalue weighted by Gasteiger charge is -2.27. The number of hydrogen-bond acceptors (Lipinski definition) is 2. The van der Waals surface area contributed by atoms with Crippen molar-refractivity contribution in [1.82, 2.24) is 5.32 Å². The number of rotatable bonds is 3. The number of benzene rings is 1. The van der Waals surface area contributed by atoms with E-state index in [1.54, 1.807) is 0 Å². The van der Waals surface area contributed by atoms with Gasteiger partial charge in [-0.15, -0.1) is 0 Å². The average Bonchev–Trinajstić information content (AvgIpc) is 2.58. The highest BCUT2D eigenvalue weighted by molar-refractivity contribution is 5.79. The van der Waals surface area contributed by atoms with Gasteiger partial charge in [0, 0.05) is 11.7 Å². The highest BCUT2D eigenvalue weighted by atomic mass is 16.1. The fourth-order valence-electron chi connectivity index (χ4n) is 2.73. The summed E-state index contributed by atoms with van der Waals surface area (Å²) in [6.45, 7) is 4.46. The van der Waals surface area contributed by atoms with Crippen LogP contribution in [-0.4, -0.2) is 11.9 Å². The first-order valence-corrected chi connectivity index (χ1v) is 6.61. The van der Waals surface area contributed by atoms with Crippen molar-refractivity contribution in [3.63, 3.8) is 0 Å². The van der Waals surface area contributed by atoms with E-state index in [0.29, 0.717) is 18.2 Å². The summed E-state index contributed by atoms with van der Waals surface area (Å²) in [6, 6.07) is 7.83. The van der Waals surface area contributed by atoms with E-state index in [4.69, 9.17) is 5.73 Å². The van der Waals surface area contributed by atoms with Gasteiger partial charge in [-0.25, -0.2) is 0 Å². The Hall–Kier alpha value is -1.51. The standard InChI is InChI=1S/C15H22N2O/c1-15(2)8-4-7-13(15)17-14(18)10-11-5-3-6-12(16)9-11/h3,5-6,9,13H,4,7-8,10,16H2,1-2H3,(H,17,18). The molecule has 1 amide bonds. The van der Waals surface area contributed by atoms with Gasteiger partial charge in [-0.2, -0.15) is 0 Å². The second-order valence-corrected chi connectivity index (χ2v) is 5.92. The summed E-state index contributed by atoms with van der Waals surface area (Å²) in [5.41, 5.74) is 7.62. The molecule has 2 rings (SSSR count). The van der Waals surface area contributed by atoms with Crippen LogP contribution in [0.4, 0.5) is 5.69 Å². The van der Waals surface area contributed by atoms with Gasteiger partial charge in [0.1, 0.15) is 0 Å².